The minimum atomic E-state index is -6.00. The second kappa shape index (κ2) is 5.84. The topological polar surface area (TPSA) is 15.7 Å². The number of hydrogen-bond donors (Lipinski definition) is 0. The Bertz CT molecular complexity index is 206. The summed E-state index contributed by atoms with van der Waals surface area (Å²) in [6.45, 7) is 2.96. The minimum Gasteiger partial charge on any atom is -0.418 e. The molecule has 1 rings (SSSR count). The van der Waals surface area contributed by atoms with Gasteiger partial charge in [-0.2, -0.15) is 0 Å². The molecule has 0 radical (unpaired) electrons. The zero-order valence-corrected chi connectivity index (χ0v) is 8.83. The third kappa shape index (κ3) is 8.10. The van der Waals surface area contributed by atoms with Crippen LogP contribution in [0, 0.1) is 0 Å². The SMILES string of the molecule is COC(C)N1C=CN(C)C1.F[B-](F)(F)F. The zero-order valence-electron chi connectivity index (χ0n) is 8.83. The molecule has 0 saturated carbocycles. The molecule has 0 aromatic carbocycles. The van der Waals surface area contributed by atoms with Gasteiger partial charge in [-0.1, -0.05) is 0 Å². The first-order valence-corrected chi connectivity index (χ1v) is 4.28. The van der Waals surface area contributed by atoms with Gasteiger partial charge in [-0.05, 0) is 6.92 Å². The van der Waals surface area contributed by atoms with E-state index in [4.69, 9.17) is 4.74 Å². The van der Waals surface area contributed by atoms with Gasteiger partial charge in [-0.15, -0.1) is 0 Å². The first-order valence-electron chi connectivity index (χ1n) is 4.28. The van der Waals surface area contributed by atoms with E-state index in [2.05, 4.69) is 9.80 Å². The van der Waals surface area contributed by atoms with Crippen LogP contribution in [-0.4, -0.2) is 44.1 Å². The van der Waals surface area contributed by atoms with Crippen molar-refractivity contribution >= 4 is 7.25 Å². The van der Waals surface area contributed by atoms with Crippen LogP contribution in [0.3, 0.4) is 0 Å². The molecule has 0 aromatic heterocycles. The quantitative estimate of drug-likeness (QED) is 0.531. The molecular weight excluding hydrogens is 215 g/mol. The molecule has 1 unspecified atom stereocenters. The molecule has 15 heavy (non-hydrogen) atoms. The molecule has 0 aromatic rings. The maximum Gasteiger partial charge on any atom is 0.673 e. The summed E-state index contributed by atoms with van der Waals surface area (Å²) in [7, 11) is -2.24. The van der Waals surface area contributed by atoms with Gasteiger partial charge in [0, 0.05) is 26.6 Å². The Morgan fingerprint density at radius 1 is 1.27 bits per heavy atom. The number of rotatable bonds is 2. The minimum absolute atomic E-state index is 0.182. The first kappa shape index (κ1) is 14.1. The van der Waals surface area contributed by atoms with E-state index in [1.54, 1.807) is 7.11 Å². The van der Waals surface area contributed by atoms with Crippen LogP contribution in [0.15, 0.2) is 12.4 Å². The second-order valence-electron chi connectivity index (χ2n) is 3.04. The standard InChI is InChI=1S/C7H14N2O.BF4/c1-7(10-3)9-5-4-8(2)6-9;2-1(3,4)5/h4-5,7H,6H2,1-3H3;/q;-1. The van der Waals surface area contributed by atoms with Crippen LogP contribution in [0.2, 0.25) is 0 Å². The molecule has 0 amide bonds. The molecule has 1 aliphatic heterocycles. The summed E-state index contributed by atoms with van der Waals surface area (Å²) in [5.74, 6) is 0. The van der Waals surface area contributed by atoms with E-state index in [9.17, 15) is 17.3 Å². The van der Waals surface area contributed by atoms with Crippen LogP contribution in [0.25, 0.3) is 0 Å². The van der Waals surface area contributed by atoms with Crippen LogP contribution in [0.4, 0.5) is 17.3 Å². The Kier molecular flexibility index (Phi) is 5.49. The number of hydrogen-bond acceptors (Lipinski definition) is 3. The van der Waals surface area contributed by atoms with Gasteiger partial charge in [0.25, 0.3) is 0 Å². The number of methoxy groups -OCH3 is 1. The molecule has 0 aliphatic carbocycles. The largest absolute Gasteiger partial charge is 0.673 e. The number of halogens is 4. The summed E-state index contributed by atoms with van der Waals surface area (Å²) in [6, 6.07) is 0. The summed E-state index contributed by atoms with van der Waals surface area (Å²) in [5, 5.41) is 0. The average molecular weight is 229 g/mol. The Labute approximate surface area is 86.4 Å². The lowest BCUT2D eigenvalue weighted by atomic mass is 10.3. The van der Waals surface area contributed by atoms with E-state index < -0.39 is 7.25 Å². The molecule has 1 aliphatic rings. The molecule has 90 valence electrons. The number of nitrogens with zero attached hydrogens (tertiary/aromatic N) is 2. The first-order chi connectivity index (χ1) is 6.74. The van der Waals surface area contributed by atoms with Crippen molar-refractivity contribution in [1.82, 2.24) is 9.80 Å². The fraction of sp³-hybridized carbons (Fsp3) is 0.714. The monoisotopic (exact) mass is 229 g/mol. The molecule has 0 spiro atoms. The molecule has 3 nitrogen and oxygen atoms in total. The van der Waals surface area contributed by atoms with Crippen LogP contribution in [0.1, 0.15) is 6.92 Å². The maximum atomic E-state index is 9.75. The third-order valence-electron chi connectivity index (χ3n) is 1.71. The highest BCUT2D eigenvalue weighted by molar-refractivity contribution is 6.50. The molecule has 0 fully saturated rings. The molecular formula is C7H14BF4N2O-. The second-order valence-corrected chi connectivity index (χ2v) is 3.04. The van der Waals surface area contributed by atoms with E-state index in [0.29, 0.717) is 0 Å². The van der Waals surface area contributed by atoms with Crippen LogP contribution in [-0.2, 0) is 4.74 Å². The van der Waals surface area contributed by atoms with E-state index >= 15 is 0 Å². The highest BCUT2D eigenvalue weighted by Gasteiger charge is 2.20. The van der Waals surface area contributed by atoms with E-state index in [1.165, 1.54) is 0 Å². The van der Waals surface area contributed by atoms with Gasteiger partial charge in [-0.3, -0.25) is 0 Å². The van der Waals surface area contributed by atoms with E-state index in [-0.39, 0.29) is 6.23 Å². The maximum absolute atomic E-state index is 9.75. The lowest BCUT2D eigenvalue weighted by molar-refractivity contribution is 0.00268. The lowest BCUT2D eigenvalue weighted by Gasteiger charge is -2.23. The molecule has 8 heteroatoms. The molecule has 1 heterocycles. The summed E-state index contributed by atoms with van der Waals surface area (Å²) < 4.78 is 44.1. The van der Waals surface area contributed by atoms with Crippen molar-refractivity contribution in [2.24, 2.45) is 0 Å². The summed E-state index contributed by atoms with van der Waals surface area (Å²) in [5.41, 5.74) is 0. The number of ether oxygens (including phenoxy) is 1. The van der Waals surface area contributed by atoms with Crippen molar-refractivity contribution in [3.05, 3.63) is 12.4 Å². The Balaban J connectivity index is 0.000000336. The molecule has 0 N–H and O–H groups in total. The summed E-state index contributed by atoms with van der Waals surface area (Å²) >= 11 is 0. The smallest absolute Gasteiger partial charge is 0.418 e. The van der Waals surface area contributed by atoms with Gasteiger partial charge in [0.15, 0.2) is 0 Å². The third-order valence-corrected chi connectivity index (χ3v) is 1.71. The van der Waals surface area contributed by atoms with Crippen LogP contribution >= 0.6 is 0 Å². The molecule has 1 atom stereocenters. The Morgan fingerprint density at radius 3 is 2.00 bits per heavy atom. The van der Waals surface area contributed by atoms with E-state index in [1.807, 2.05) is 26.4 Å². The van der Waals surface area contributed by atoms with Gasteiger partial charge >= 0.3 is 7.25 Å². The fourth-order valence-electron chi connectivity index (χ4n) is 0.923. The predicted molar refractivity (Wildman–Crippen MR) is 50.3 cm³/mol. The zero-order chi connectivity index (χ0) is 12.1. The van der Waals surface area contributed by atoms with Crippen molar-refractivity contribution in [1.29, 1.82) is 0 Å². The van der Waals surface area contributed by atoms with Crippen molar-refractivity contribution in [2.45, 2.75) is 13.2 Å². The van der Waals surface area contributed by atoms with Gasteiger partial charge in [-0.25, -0.2) is 0 Å². The van der Waals surface area contributed by atoms with Gasteiger partial charge in [0.2, 0.25) is 0 Å². The van der Waals surface area contributed by atoms with Gasteiger partial charge in [0.1, 0.15) is 6.23 Å². The van der Waals surface area contributed by atoms with Crippen molar-refractivity contribution in [3.63, 3.8) is 0 Å². The lowest BCUT2D eigenvalue weighted by Crippen LogP contribution is -2.31. The van der Waals surface area contributed by atoms with Crippen molar-refractivity contribution in [3.8, 4) is 0 Å². The van der Waals surface area contributed by atoms with Crippen molar-refractivity contribution < 1.29 is 22.0 Å². The van der Waals surface area contributed by atoms with Crippen LogP contribution < -0.4 is 0 Å². The van der Waals surface area contributed by atoms with Crippen LogP contribution in [0.5, 0.6) is 0 Å². The Hall–Kier alpha value is -0.915. The fourth-order valence-corrected chi connectivity index (χ4v) is 0.923. The van der Waals surface area contributed by atoms with E-state index in [0.717, 1.165) is 6.67 Å². The molecule has 0 bridgehead atoms. The normalized spacial score (nSPS) is 17.5. The average Bonchev–Trinajstić information content (AvgIpc) is 2.47. The highest BCUT2D eigenvalue weighted by atomic mass is 19.5. The van der Waals surface area contributed by atoms with Gasteiger partial charge < -0.3 is 31.8 Å². The highest BCUT2D eigenvalue weighted by Crippen LogP contribution is 2.08. The van der Waals surface area contributed by atoms with Gasteiger partial charge in [0.05, 0.1) is 6.67 Å². The van der Waals surface area contributed by atoms with Crippen molar-refractivity contribution in [2.75, 3.05) is 20.8 Å². The predicted octanol–water partition coefficient (Wildman–Crippen LogP) is 1.95. The molecule has 0 saturated heterocycles. The summed E-state index contributed by atoms with van der Waals surface area (Å²) in [4.78, 5) is 4.23. The Morgan fingerprint density at radius 2 is 1.73 bits per heavy atom. The summed E-state index contributed by atoms with van der Waals surface area (Å²) in [6.07, 6.45) is 4.25.